The maximum absolute atomic E-state index is 12.7. The zero-order valence-corrected chi connectivity index (χ0v) is 16.3. The summed E-state index contributed by atoms with van der Waals surface area (Å²) in [6, 6.07) is 16.0. The van der Waals surface area contributed by atoms with Crippen molar-refractivity contribution in [1.82, 2.24) is 10.3 Å². The van der Waals surface area contributed by atoms with Crippen LogP contribution in [0.2, 0.25) is 0 Å². The lowest BCUT2D eigenvalue weighted by atomic mass is 9.98. The van der Waals surface area contributed by atoms with Gasteiger partial charge in [-0.3, -0.25) is 10.3 Å². The van der Waals surface area contributed by atoms with E-state index in [-0.39, 0.29) is 12.3 Å². The summed E-state index contributed by atoms with van der Waals surface area (Å²) < 4.78 is 25.4. The molecule has 2 aromatic carbocycles. The highest BCUT2D eigenvalue weighted by Gasteiger charge is 2.18. The van der Waals surface area contributed by atoms with Crippen LogP contribution in [0.3, 0.4) is 0 Å². The van der Waals surface area contributed by atoms with Gasteiger partial charge in [0.05, 0.1) is 12.6 Å². The zero-order valence-electron chi connectivity index (χ0n) is 16.3. The smallest absolute Gasteiger partial charge is 0.280 e. The Hall–Kier alpha value is -2.67. The first-order valence-electron chi connectivity index (χ1n) is 9.35. The first kappa shape index (κ1) is 21.0. The monoisotopic (exact) mass is 398 g/mol. The van der Waals surface area contributed by atoms with E-state index in [1.807, 2.05) is 56.3 Å². The molecule has 0 bridgehead atoms. The Morgan fingerprint density at radius 2 is 1.62 bits per heavy atom. The van der Waals surface area contributed by atoms with E-state index in [4.69, 9.17) is 0 Å². The number of hydrogen-bond acceptors (Lipinski definition) is 4. The molecule has 0 fully saturated rings. The lowest BCUT2D eigenvalue weighted by Crippen LogP contribution is -2.29. The molecule has 0 aliphatic rings. The van der Waals surface area contributed by atoms with Crippen LogP contribution >= 0.6 is 0 Å². The average molecular weight is 398 g/mol. The predicted octanol–water partition coefficient (Wildman–Crippen LogP) is 4.62. The van der Waals surface area contributed by atoms with Crippen molar-refractivity contribution in [2.45, 2.75) is 32.5 Å². The minimum atomic E-state index is -2.65. The molecule has 3 aromatic rings. The van der Waals surface area contributed by atoms with Crippen LogP contribution < -0.4 is 5.32 Å². The average Bonchev–Trinajstić information content (AvgIpc) is 2.72. The summed E-state index contributed by atoms with van der Waals surface area (Å²) in [5.41, 5.74) is 5.01. The van der Waals surface area contributed by atoms with Crippen molar-refractivity contribution in [2.24, 2.45) is 0 Å². The molecule has 6 heteroatoms. The number of benzene rings is 2. The Kier molecular flexibility index (Phi) is 6.69. The number of halogens is 2. The Labute approximate surface area is 168 Å². The van der Waals surface area contributed by atoms with Crippen molar-refractivity contribution in [1.29, 1.82) is 0 Å². The van der Waals surface area contributed by atoms with Gasteiger partial charge in [-0.25, -0.2) is 8.78 Å². The molecule has 0 saturated carbocycles. The highest BCUT2D eigenvalue weighted by molar-refractivity contribution is 5.65. The second-order valence-corrected chi connectivity index (χ2v) is 7.12. The number of aryl methyl sites for hydroxylation is 2. The van der Waals surface area contributed by atoms with E-state index in [9.17, 15) is 19.0 Å². The molecule has 0 spiro atoms. The van der Waals surface area contributed by atoms with Gasteiger partial charge in [-0.15, -0.1) is 0 Å². The SMILES string of the molecule is Cc1ccc(-c2cc(C)cc(C(O)N[C@H](CO)c3ccc(C(F)F)nc3)c2)cc1. The van der Waals surface area contributed by atoms with E-state index in [1.54, 1.807) is 0 Å². The van der Waals surface area contributed by atoms with E-state index in [0.717, 1.165) is 16.7 Å². The third-order valence-electron chi connectivity index (χ3n) is 4.78. The van der Waals surface area contributed by atoms with Crippen molar-refractivity contribution in [3.05, 3.63) is 88.7 Å². The van der Waals surface area contributed by atoms with Crippen molar-refractivity contribution < 1.29 is 19.0 Å². The standard InChI is InChI=1S/C23H24F2N2O2/c1-14-3-5-16(6-4-14)18-9-15(2)10-19(11-18)23(29)27-21(13-28)17-7-8-20(22(24)25)26-12-17/h3-12,21-23,27-29H,13H2,1-2H3/t21-,23?/m1/s1. The van der Waals surface area contributed by atoms with Gasteiger partial charge >= 0.3 is 0 Å². The first-order valence-corrected chi connectivity index (χ1v) is 9.35. The molecule has 0 saturated heterocycles. The maximum atomic E-state index is 12.7. The predicted molar refractivity (Wildman–Crippen MR) is 108 cm³/mol. The number of nitrogens with zero attached hydrogens (tertiary/aromatic N) is 1. The molecule has 4 nitrogen and oxygen atoms in total. The molecular formula is C23H24F2N2O2. The fourth-order valence-electron chi connectivity index (χ4n) is 3.18. The zero-order chi connectivity index (χ0) is 21.0. The highest BCUT2D eigenvalue weighted by Crippen LogP contribution is 2.27. The summed E-state index contributed by atoms with van der Waals surface area (Å²) in [6.07, 6.45) is -2.41. The summed E-state index contributed by atoms with van der Waals surface area (Å²) in [4.78, 5) is 3.72. The second-order valence-electron chi connectivity index (χ2n) is 7.12. The summed E-state index contributed by atoms with van der Waals surface area (Å²) in [7, 11) is 0. The Bertz CT molecular complexity index is 944. The van der Waals surface area contributed by atoms with Crippen LogP contribution in [0.5, 0.6) is 0 Å². The maximum Gasteiger partial charge on any atom is 0.280 e. The lowest BCUT2D eigenvalue weighted by molar-refractivity contribution is 0.104. The Morgan fingerprint density at radius 1 is 0.897 bits per heavy atom. The number of nitrogens with one attached hydrogen (secondary N) is 1. The van der Waals surface area contributed by atoms with Crippen molar-refractivity contribution in [2.75, 3.05) is 6.61 Å². The molecule has 1 heterocycles. The molecule has 1 aromatic heterocycles. The molecule has 1 unspecified atom stereocenters. The molecule has 0 aliphatic heterocycles. The van der Waals surface area contributed by atoms with Gasteiger partial charge in [-0.2, -0.15) is 0 Å². The number of hydrogen-bond donors (Lipinski definition) is 3. The third-order valence-corrected chi connectivity index (χ3v) is 4.78. The molecule has 0 amide bonds. The Balaban J connectivity index is 1.81. The van der Waals surface area contributed by atoms with Crippen LogP contribution in [0.4, 0.5) is 8.78 Å². The van der Waals surface area contributed by atoms with Crippen LogP contribution in [0.1, 0.15) is 46.6 Å². The number of aliphatic hydroxyl groups is 2. The summed E-state index contributed by atoms with van der Waals surface area (Å²) >= 11 is 0. The van der Waals surface area contributed by atoms with Crippen LogP contribution in [-0.2, 0) is 0 Å². The van der Waals surface area contributed by atoms with E-state index in [1.165, 1.54) is 23.9 Å². The van der Waals surface area contributed by atoms with Gasteiger partial charge in [0.25, 0.3) is 6.43 Å². The van der Waals surface area contributed by atoms with Gasteiger partial charge < -0.3 is 10.2 Å². The molecular weight excluding hydrogens is 374 g/mol. The fraction of sp³-hybridized carbons (Fsp3) is 0.261. The minimum absolute atomic E-state index is 0.316. The largest absolute Gasteiger partial charge is 0.394 e. The van der Waals surface area contributed by atoms with Gasteiger partial charge in [-0.1, -0.05) is 53.6 Å². The third kappa shape index (κ3) is 5.23. The normalized spacial score (nSPS) is 13.5. The molecule has 2 atom stereocenters. The quantitative estimate of drug-likeness (QED) is 0.508. The van der Waals surface area contributed by atoms with Gasteiger partial charge in [0, 0.05) is 6.20 Å². The summed E-state index contributed by atoms with van der Waals surface area (Å²) in [5, 5.41) is 23.4. The topological polar surface area (TPSA) is 65.4 Å². The summed E-state index contributed by atoms with van der Waals surface area (Å²) in [6.45, 7) is 3.66. The number of alkyl halides is 2. The molecule has 3 N–H and O–H groups in total. The molecule has 0 aliphatic carbocycles. The minimum Gasteiger partial charge on any atom is -0.394 e. The Morgan fingerprint density at radius 3 is 2.21 bits per heavy atom. The van der Waals surface area contributed by atoms with E-state index < -0.39 is 18.7 Å². The van der Waals surface area contributed by atoms with Crippen molar-refractivity contribution in [3.8, 4) is 11.1 Å². The molecule has 0 radical (unpaired) electrons. The van der Waals surface area contributed by atoms with Crippen LogP contribution in [0, 0.1) is 13.8 Å². The van der Waals surface area contributed by atoms with E-state index in [0.29, 0.717) is 11.1 Å². The molecule has 152 valence electrons. The lowest BCUT2D eigenvalue weighted by Gasteiger charge is -2.22. The number of rotatable bonds is 7. The van der Waals surface area contributed by atoms with Crippen LogP contribution in [0.15, 0.2) is 60.8 Å². The number of pyridine rings is 1. The van der Waals surface area contributed by atoms with Gasteiger partial charge in [0.15, 0.2) is 0 Å². The highest BCUT2D eigenvalue weighted by atomic mass is 19.3. The van der Waals surface area contributed by atoms with Gasteiger partial charge in [-0.05, 0) is 48.2 Å². The summed E-state index contributed by atoms with van der Waals surface area (Å²) in [5.74, 6) is 0. The van der Waals surface area contributed by atoms with E-state index in [2.05, 4.69) is 10.3 Å². The van der Waals surface area contributed by atoms with Gasteiger partial charge in [0.2, 0.25) is 0 Å². The number of aliphatic hydroxyl groups excluding tert-OH is 2. The second kappa shape index (κ2) is 9.22. The fourth-order valence-corrected chi connectivity index (χ4v) is 3.18. The van der Waals surface area contributed by atoms with E-state index >= 15 is 0 Å². The van der Waals surface area contributed by atoms with Crippen LogP contribution in [-0.4, -0.2) is 21.8 Å². The molecule has 29 heavy (non-hydrogen) atoms. The molecule has 3 rings (SSSR count). The first-order chi connectivity index (χ1) is 13.9. The van der Waals surface area contributed by atoms with Crippen molar-refractivity contribution >= 4 is 0 Å². The van der Waals surface area contributed by atoms with Gasteiger partial charge in [0.1, 0.15) is 11.9 Å². The van der Waals surface area contributed by atoms with Crippen LogP contribution in [0.25, 0.3) is 11.1 Å². The number of aromatic nitrogens is 1. The van der Waals surface area contributed by atoms with Crippen molar-refractivity contribution in [3.63, 3.8) is 0 Å².